The molecule has 1 fully saturated rings. The van der Waals surface area contributed by atoms with Crippen molar-refractivity contribution in [2.75, 3.05) is 13.1 Å². The van der Waals surface area contributed by atoms with Gasteiger partial charge in [-0.2, -0.15) is 0 Å². The lowest BCUT2D eigenvalue weighted by molar-refractivity contribution is -0.125. The largest absolute Gasteiger partial charge is 0.439 e. The molecule has 0 bridgehead atoms. The Balaban J connectivity index is 1.60. The average molecular weight is 259 g/mol. The summed E-state index contributed by atoms with van der Waals surface area (Å²) in [5, 5.41) is 6.13. The molecule has 2 N–H and O–H groups in total. The summed E-state index contributed by atoms with van der Waals surface area (Å²) in [5.41, 5.74) is 1.58. The first-order chi connectivity index (χ1) is 9.33. The Morgan fingerprint density at radius 1 is 1.47 bits per heavy atom. The van der Waals surface area contributed by atoms with Gasteiger partial charge in [-0.25, -0.2) is 4.98 Å². The Morgan fingerprint density at radius 3 is 3.16 bits per heavy atom. The predicted molar refractivity (Wildman–Crippen MR) is 71.4 cm³/mol. The third-order valence-electron chi connectivity index (χ3n) is 3.42. The fraction of sp³-hybridized carbons (Fsp3) is 0.429. The minimum Gasteiger partial charge on any atom is -0.439 e. The normalized spacial score (nSPS) is 19.5. The van der Waals surface area contributed by atoms with E-state index < -0.39 is 0 Å². The molecule has 0 spiro atoms. The van der Waals surface area contributed by atoms with Crippen molar-refractivity contribution in [3.63, 3.8) is 0 Å². The van der Waals surface area contributed by atoms with Crippen molar-refractivity contribution >= 4 is 17.0 Å². The van der Waals surface area contributed by atoms with Crippen LogP contribution in [0.1, 0.15) is 18.7 Å². The second-order valence-electron chi connectivity index (χ2n) is 4.84. The molecule has 0 aliphatic carbocycles. The van der Waals surface area contributed by atoms with E-state index in [0.717, 1.165) is 37.0 Å². The van der Waals surface area contributed by atoms with Gasteiger partial charge in [0.25, 0.3) is 0 Å². The summed E-state index contributed by atoms with van der Waals surface area (Å²) in [6, 6.07) is 7.60. The molecule has 5 nitrogen and oxygen atoms in total. The van der Waals surface area contributed by atoms with E-state index >= 15 is 0 Å². The van der Waals surface area contributed by atoms with Gasteiger partial charge in [-0.3, -0.25) is 4.79 Å². The number of oxazole rings is 1. The molecule has 100 valence electrons. The third-order valence-corrected chi connectivity index (χ3v) is 3.42. The lowest BCUT2D eigenvalue weighted by atomic mass is 9.99. The van der Waals surface area contributed by atoms with Gasteiger partial charge in [-0.1, -0.05) is 12.1 Å². The number of hydrogen-bond acceptors (Lipinski definition) is 4. The van der Waals surface area contributed by atoms with Crippen molar-refractivity contribution in [2.24, 2.45) is 5.92 Å². The van der Waals surface area contributed by atoms with Gasteiger partial charge < -0.3 is 15.1 Å². The molecule has 1 atom stereocenters. The molecule has 0 saturated carbocycles. The van der Waals surface area contributed by atoms with Crippen LogP contribution >= 0.6 is 0 Å². The van der Waals surface area contributed by atoms with Crippen LogP contribution in [0, 0.1) is 5.92 Å². The Bertz CT molecular complexity index is 540. The van der Waals surface area contributed by atoms with Crippen LogP contribution in [-0.2, 0) is 11.3 Å². The van der Waals surface area contributed by atoms with Crippen molar-refractivity contribution in [3.8, 4) is 0 Å². The van der Waals surface area contributed by atoms with Crippen LogP contribution in [0.3, 0.4) is 0 Å². The number of benzene rings is 1. The van der Waals surface area contributed by atoms with Crippen LogP contribution in [0.15, 0.2) is 28.7 Å². The third kappa shape index (κ3) is 2.76. The second-order valence-corrected chi connectivity index (χ2v) is 4.84. The topological polar surface area (TPSA) is 67.2 Å². The van der Waals surface area contributed by atoms with Crippen LogP contribution in [0.5, 0.6) is 0 Å². The molecule has 19 heavy (non-hydrogen) atoms. The number of carbonyl (C=O) groups is 1. The summed E-state index contributed by atoms with van der Waals surface area (Å²) in [7, 11) is 0. The van der Waals surface area contributed by atoms with E-state index in [2.05, 4.69) is 15.6 Å². The molecule has 5 heteroatoms. The first-order valence-corrected chi connectivity index (χ1v) is 6.66. The van der Waals surface area contributed by atoms with Crippen LogP contribution in [0.25, 0.3) is 11.1 Å². The highest BCUT2D eigenvalue weighted by atomic mass is 16.3. The minimum atomic E-state index is 0.0677. The summed E-state index contributed by atoms with van der Waals surface area (Å²) < 4.78 is 5.56. The number of rotatable bonds is 3. The molecule has 2 aromatic rings. The number of piperidine rings is 1. The van der Waals surface area contributed by atoms with Crippen molar-refractivity contribution in [3.05, 3.63) is 30.2 Å². The first-order valence-electron chi connectivity index (χ1n) is 6.66. The van der Waals surface area contributed by atoms with E-state index in [-0.39, 0.29) is 11.8 Å². The number of nitrogens with zero attached hydrogens (tertiary/aromatic N) is 1. The molecule has 1 unspecified atom stereocenters. The average Bonchev–Trinajstić information content (AvgIpc) is 2.88. The predicted octanol–water partition coefficient (Wildman–Crippen LogP) is 1.44. The van der Waals surface area contributed by atoms with Gasteiger partial charge in [-0.05, 0) is 31.5 Å². The van der Waals surface area contributed by atoms with E-state index in [1.165, 1.54) is 0 Å². The number of hydrogen-bond donors (Lipinski definition) is 2. The summed E-state index contributed by atoms with van der Waals surface area (Å²) >= 11 is 0. The smallest absolute Gasteiger partial charge is 0.224 e. The summed E-state index contributed by atoms with van der Waals surface area (Å²) in [5.74, 6) is 0.700. The molecule has 1 aliphatic heterocycles. The molecule has 1 aromatic heterocycles. The molecule has 1 amide bonds. The summed E-state index contributed by atoms with van der Waals surface area (Å²) in [6.45, 7) is 2.12. The number of nitrogens with one attached hydrogen (secondary N) is 2. The number of carbonyl (C=O) groups excluding carboxylic acids is 1. The highest BCUT2D eigenvalue weighted by molar-refractivity contribution is 5.79. The SMILES string of the molecule is O=C(NCc1nc2ccccc2o1)C1CCCNC1. The maximum absolute atomic E-state index is 12.0. The lowest BCUT2D eigenvalue weighted by Crippen LogP contribution is -2.40. The van der Waals surface area contributed by atoms with Gasteiger partial charge in [0.2, 0.25) is 11.8 Å². The molecule has 1 aliphatic rings. The molecule has 3 rings (SSSR count). The molecule has 1 saturated heterocycles. The number of fused-ring (bicyclic) bond motifs is 1. The van der Waals surface area contributed by atoms with Crippen molar-refractivity contribution in [2.45, 2.75) is 19.4 Å². The van der Waals surface area contributed by atoms with Gasteiger partial charge in [0.05, 0.1) is 12.5 Å². The van der Waals surface area contributed by atoms with E-state index in [0.29, 0.717) is 12.4 Å². The van der Waals surface area contributed by atoms with Crippen LogP contribution in [0.2, 0.25) is 0 Å². The Morgan fingerprint density at radius 2 is 2.37 bits per heavy atom. The van der Waals surface area contributed by atoms with Gasteiger partial charge in [0, 0.05) is 6.54 Å². The zero-order chi connectivity index (χ0) is 13.1. The quantitative estimate of drug-likeness (QED) is 0.875. The zero-order valence-corrected chi connectivity index (χ0v) is 10.7. The number of aromatic nitrogens is 1. The van der Waals surface area contributed by atoms with E-state index in [4.69, 9.17) is 4.42 Å². The fourth-order valence-corrected chi connectivity index (χ4v) is 2.38. The van der Waals surface area contributed by atoms with Crippen LogP contribution < -0.4 is 10.6 Å². The van der Waals surface area contributed by atoms with Gasteiger partial charge >= 0.3 is 0 Å². The maximum atomic E-state index is 12.0. The summed E-state index contributed by atoms with van der Waals surface area (Å²) in [4.78, 5) is 16.3. The first kappa shape index (κ1) is 12.2. The molecular weight excluding hydrogens is 242 g/mol. The maximum Gasteiger partial charge on any atom is 0.224 e. The fourth-order valence-electron chi connectivity index (χ4n) is 2.38. The van der Waals surface area contributed by atoms with E-state index in [9.17, 15) is 4.79 Å². The lowest BCUT2D eigenvalue weighted by Gasteiger charge is -2.21. The Kier molecular flexibility index (Phi) is 3.46. The highest BCUT2D eigenvalue weighted by Gasteiger charge is 2.20. The van der Waals surface area contributed by atoms with Crippen molar-refractivity contribution in [1.82, 2.24) is 15.6 Å². The molecular formula is C14H17N3O2. The molecule has 0 radical (unpaired) electrons. The highest BCUT2D eigenvalue weighted by Crippen LogP contribution is 2.15. The molecule has 2 heterocycles. The van der Waals surface area contributed by atoms with Gasteiger partial charge in [0.1, 0.15) is 5.52 Å². The Hall–Kier alpha value is -1.88. The molecule has 1 aromatic carbocycles. The monoisotopic (exact) mass is 259 g/mol. The van der Waals surface area contributed by atoms with Crippen LogP contribution in [-0.4, -0.2) is 24.0 Å². The minimum absolute atomic E-state index is 0.0677. The Labute approximate surface area is 111 Å². The van der Waals surface area contributed by atoms with Crippen molar-refractivity contribution in [1.29, 1.82) is 0 Å². The standard InChI is InChI=1S/C14H17N3O2/c18-14(10-4-3-7-15-8-10)16-9-13-17-11-5-1-2-6-12(11)19-13/h1-2,5-6,10,15H,3-4,7-9H2,(H,16,18). The van der Waals surface area contributed by atoms with E-state index in [1.807, 2.05) is 24.3 Å². The summed E-state index contributed by atoms with van der Waals surface area (Å²) in [6.07, 6.45) is 2.01. The van der Waals surface area contributed by atoms with Gasteiger partial charge in [0.15, 0.2) is 5.58 Å². The van der Waals surface area contributed by atoms with Gasteiger partial charge in [-0.15, -0.1) is 0 Å². The van der Waals surface area contributed by atoms with E-state index in [1.54, 1.807) is 0 Å². The van der Waals surface area contributed by atoms with Crippen LogP contribution in [0.4, 0.5) is 0 Å². The number of amides is 1. The second kappa shape index (κ2) is 5.40. The zero-order valence-electron chi connectivity index (χ0n) is 10.7. The van der Waals surface area contributed by atoms with Crippen molar-refractivity contribution < 1.29 is 9.21 Å². The number of para-hydroxylation sites is 2.